The quantitative estimate of drug-likeness (QED) is 0.844. The molecular weight excluding hydrogens is 216 g/mol. The van der Waals surface area contributed by atoms with Gasteiger partial charge in [0.1, 0.15) is 17.5 Å². The number of nitrogens with one attached hydrogen (secondary N) is 1. The van der Waals surface area contributed by atoms with Gasteiger partial charge in [-0.2, -0.15) is 10.4 Å². The fourth-order valence-electron chi connectivity index (χ4n) is 2.28. The van der Waals surface area contributed by atoms with Gasteiger partial charge in [0.05, 0.1) is 11.8 Å². The maximum atomic E-state index is 9.13. The van der Waals surface area contributed by atoms with Crippen molar-refractivity contribution in [2.75, 3.05) is 11.9 Å². The molecule has 2 unspecified atom stereocenters. The summed E-state index contributed by atoms with van der Waals surface area (Å²) in [5.41, 5.74) is 1.42. The van der Waals surface area contributed by atoms with Gasteiger partial charge in [-0.3, -0.25) is 4.68 Å². The highest BCUT2D eigenvalue weighted by molar-refractivity contribution is 5.55. The maximum Gasteiger partial charge on any atom is 0.142 e. The van der Waals surface area contributed by atoms with Crippen LogP contribution in [0.15, 0.2) is 0 Å². The summed E-state index contributed by atoms with van der Waals surface area (Å²) in [4.78, 5) is 0. The number of hydrogen-bond acceptors (Lipinski definition) is 4. The number of nitriles is 1. The van der Waals surface area contributed by atoms with E-state index in [1.807, 2.05) is 14.0 Å². The lowest BCUT2D eigenvalue weighted by Gasteiger charge is -2.28. The molecule has 0 amide bonds. The van der Waals surface area contributed by atoms with Gasteiger partial charge in [-0.25, -0.2) is 0 Å². The zero-order valence-electron chi connectivity index (χ0n) is 10.5. The van der Waals surface area contributed by atoms with Gasteiger partial charge in [0.15, 0.2) is 0 Å². The number of nitrogens with zero attached hydrogens (tertiary/aromatic N) is 3. The van der Waals surface area contributed by atoms with Crippen LogP contribution < -0.4 is 5.32 Å². The van der Waals surface area contributed by atoms with Gasteiger partial charge in [0.2, 0.25) is 0 Å². The van der Waals surface area contributed by atoms with Crippen molar-refractivity contribution in [3.63, 3.8) is 0 Å². The summed E-state index contributed by atoms with van der Waals surface area (Å²) in [6.45, 7) is 4.71. The summed E-state index contributed by atoms with van der Waals surface area (Å²) in [6.07, 6.45) is 2.22. The minimum atomic E-state index is 0.279. The molecule has 0 bridgehead atoms. The van der Waals surface area contributed by atoms with Crippen LogP contribution in [0.1, 0.15) is 31.0 Å². The lowest BCUT2D eigenvalue weighted by molar-refractivity contribution is 0.0231. The maximum absolute atomic E-state index is 9.13. The van der Waals surface area contributed by atoms with Crippen molar-refractivity contribution in [2.45, 2.75) is 38.8 Å². The monoisotopic (exact) mass is 234 g/mol. The minimum Gasteiger partial charge on any atom is -0.378 e. The fraction of sp³-hybridized carbons (Fsp3) is 0.667. The number of aromatic nitrogens is 2. The van der Waals surface area contributed by atoms with Gasteiger partial charge in [-0.15, -0.1) is 0 Å². The van der Waals surface area contributed by atoms with Crippen LogP contribution in [-0.4, -0.2) is 28.5 Å². The fourth-order valence-corrected chi connectivity index (χ4v) is 2.28. The molecule has 0 aromatic carbocycles. The summed E-state index contributed by atoms with van der Waals surface area (Å²) >= 11 is 0. The molecule has 2 atom stereocenters. The van der Waals surface area contributed by atoms with E-state index in [0.29, 0.717) is 11.6 Å². The first-order chi connectivity index (χ1) is 8.11. The molecule has 17 heavy (non-hydrogen) atoms. The molecule has 2 rings (SSSR count). The Morgan fingerprint density at radius 3 is 3.00 bits per heavy atom. The molecule has 1 saturated heterocycles. The molecule has 0 saturated carbocycles. The van der Waals surface area contributed by atoms with Gasteiger partial charge >= 0.3 is 0 Å². The highest BCUT2D eigenvalue weighted by Crippen LogP contribution is 2.22. The normalized spacial score (nSPS) is 24.4. The van der Waals surface area contributed by atoms with Crippen LogP contribution in [0.2, 0.25) is 0 Å². The third kappa shape index (κ3) is 2.42. The lowest BCUT2D eigenvalue weighted by atomic mass is 10.0. The molecule has 5 nitrogen and oxygen atoms in total. The first kappa shape index (κ1) is 11.9. The van der Waals surface area contributed by atoms with Gasteiger partial charge in [-0.05, 0) is 26.7 Å². The SMILES string of the molecule is Cc1nn(C)c(NC2CCOC(C)C2)c1C#N. The van der Waals surface area contributed by atoms with E-state index < -0.39 is 0 Å². The highest BCUT2D eigenvalue weighted by Gasteiger charge is 2.22. The van der Waals surface area contributed by atoms with E-state index in [-0.39, 0.29) is 6.10 Å². The molecule has 1 aliphatic rings. The zero-order chi connectivity index (χ0) is 12.4. The second kappa shape index (κ2) is 4.76. The molecule has 1 aliphatic heterocycles. The summed E-state index contributed by atoms with van der Waals surface area (Å²) in [5.74, 6) is 0.823. The Morgan fingerprint density at radius 2 is 2.35 bits per heavy atom. The third-order valence-corrected chi connectivity index (χ3v) is 3.16. The molecule has 1 N–H and O–H groups in total. The first-order valence-corrected chi connectivity index (χ1v) is 5.93. The molecule has 1 fully saturated rings. The average molecular weight is 234 g/mol. The van der Waals surface area contributed by atoms with Crippen molar-refractivity contribution >= 4 is 5.82 Å². The third-order valence-electron chi connectivity index (χ3n) is 3.16. The second-order valence-electron chi connectivity index (χ2n) is 4.59. The Labute approximate surface area is 101 Å². The van der Waals surface area contributed by atoms with Crippen LogP contribution in [-0.2, 0) is 11.8 Å². The Morgan fingerprint density at radius 1 is 1.59 bits per heavy atom. The summed E-state index contributed by atoms with van der Waals surface area (Å²) < 4.78 is 7.25. The standard InChI is InChI=1S/C12H18N4O/c1-8-6-10(4-5-17-8)14-12-11(7-13)9(2)15-16(12)3/h8,10,14H,4-6H2,1-3H3. The van der Waals surface area contributed by atoms with Gasteiger partial charge < -0.3 is 10.1 Å². The van der Waals surface area contributed by atoms with E-state index in [1.165, 1.54) is 0 Å². The van der Waals surface area contributed by atoms with Crippen LogP contribution in [0.25, 0.3) is 0 Å². The lowest BCUT2D eigenvalue weighted by Crippen LogP contribution is -2.33. The van der Waals surface area contributed by atoms with E-state index in [1.54, 1.807) is 4.68 Å². The van der Waals surface area contributed by atoms with E-state index in [4.69, 9.17) is 10.00 Å². The van der Waals surface area contributed by atoms with Crippen molar-refractivity contribution in [1.29, 1.82) is 5.26 Å². The molecule has 1 aromatic heterocycles. The second-order valence-corrected chi connectivity index (χ2v) is 4.59. The number of rotatable bonds is 2. The predicted molar refractivity (Wildman–Crippen MR) is 64.7 cm³/mol. The van der Waals surface area contributed by atoms with Gasteiger partial charge in [0, 0.05) is 19.7 Å². The van der Waals surface area contributed by atoms with Crippen LogP contribution in [0.4, 0.5) is 5.82 Å². The molecule has 5 heteroatoms. The molecule has 1 aromatic rings. The zero-order valence-corrected chi connectivity index (χ0v) is 10.5. The van der Waals surface area contributed by atoms with Crippen molar-refractivity contribution in [2.24, 2.45) is 7.05 Å². The van der Waals surface area contributed by atoms with Gasteiger partial charge in [-0.1, -0.05) is 0 Å². The largest absolute Gasteiger partial charge is 0.378 e. The summed E-state index contributed by atoms with van der Waals surface area (Å²) in [5, 5.41) is 16.8. The number of anilines is 1. The number of ether oxygens (including phenoxy) is 1. The Balaban J connectivity index is 2.15. The predicted octanol–water partition coefficient (Wildman–Crippen LogP) is 1.58. The van der Waals surface area contributed by atoms with Crippen LogP contribution in [0, 0.1) is 18.3 Å². The molecule has 0 aliphatic carbocycles. The first-order valence-electron chi connectivity index (χ1n) is 5.93. The Bertz CT molecular complexity index is 446. The number of hydrogen-bond donors (Lipinski definition) is 1. The van der Waals surface area contributed by atoms with Crippen LogP contribution in [0.3, 0.4) is 0 Å². The van der Waals surface area contributed by atoms with E-state index in [0.717, 1.165) is 31.0 Å². The minimum absolute atomic E-state index is 0.279. The van der Waals surface area contributed by atoms with Crippen molar-refractivity contribution in [3.05, 3.63) is 11.3 Å². The Hall–Kier alpha value is -1.54. The summed E-state index contributed by atoms with van der Waals surface area (Å²) in [7, 11) is 1.86. The summed E-state index contributed by atoms with van der Waals surface area (Å²) in [6, 6.07) is 2.57. The topological polar surface area (TPSA) is 62.9 Å². The molecule has 0 spiro atoms. The molecule has 2 heterocycles. The van der Waals surface area contributed by atoms with Gasteiger partial charge in [0.25, 0.3) is 0 Å². The number of aryl methyl sites for hydroxylation is 2. The Kier molecular flexibility index (Phi) is 3.34. The highest BCUT2D eigenvalue weighted by atomic mass is 16.5. The van der Waals surface area contributed by atoms with Crippen LogP contribution >= 0.6 is 0 Å². The van der Waals surface area contributed by atoms with E-state index in [2.05, 4.69) is 23.4 Å². The van der Waals surface area contributed by atoms with E-state index >= 15 is 0 Å². The average Bonchev–Trinajstić information content (AvgIpc) is 2.53. The molecule has 92 valence electrons. The smallest absolute Gasteiger partial charge is 0.142 e. The van der Waals surface area contributed by atoms with Crippen LogP contribution in [0.5, 0.6) is 0 Å². The van der Waals surface area contributed by atoms with E-state index in [9.17, 15) is 0 Å². The van der Waals surface area contributed by atoms with Crippen molar-refractivity contribution in [1.82, 2.24) is 9.78 Å². The van der Waals surface area contributed by atoms with Crippen molar-refractivity contribution in [3.8, 4) is 6.07 Å². The molecular formula is C12H18N4O. The van der Waals surface area contributed by atoms with Crippen molar-refractivity contribution < 1.29 is 4.74 Å². The molecule has 0 radical (unpaired) electrons.